The number of aromatic nitrogens is 1. The molecule has 1 aliphatic rings. The predicted molar refractivity (Wildman–Crippen MR) is 128 cm³/mol. The van der Waals surface area contributed by atoms with E-state index >= 15 is 0 Å². The van der Waals surface area contributed by atoms with Crippen molar-refractivity contribution >= 4 is 46.6 Å². The van der Waals surface area contributed by atoms with E-state index < -0.39 is 12.0 Å². The van der Waals surface area contributed by atoms with Crippen LogP contribution in [0.4, 0.5) is 0 Å². The lowest BCUT2D eigenvalue weighted by Crippen LogP contribution is -2.39. The van der Waals surface area contributed by atoms with E-state index in [1.165, 1.54) is 11.3 Å². The summed E-state index contributed by atoms with van der Waals surface area (Å²) in [4.78, 5) is 31.5. The molecule has 1 aliphatic heterocycles. The number of carbonyl (C=O) groups excluding carboxylic acids is 1. The third-order valence-electron chi connectivity index (χ3n) is 5.19. The first-order chi connectivity index (χ1) is 15.3. The average molecular weight is 487 g/mol. The highest BCUT2D eigenvalue weighted by atomic mass is 35.5. The van der Waals surface area contributed by atoms with Crippen LogP contribution in [0.25, 0.3) is 6.08 Å². The van der Waals surface area contributed by atoms with Crippen LogP contribution in [0.2, 0.25) is 10.0 Å². The summed E-state index contributed by atoms with van der Waals surface area (Å²) in [5, 5.41) is 0.892. The van der Waals surface area contributed by atoms with Crippen molar-refractivity contribution in [3.63, 3.8) is 0 Å². The Bertz CT molecular complexity index is 1400. The van der Waals surface area contributed by atoms with Gasteiger partial charge in [-0.05, 0) is 44.5 Å². The summed E-state index contributed by atoms with van der Waals surface area (Å²) in [5.41, 5.74) is 3.05. The monoisotopic (exact) mass is 486 g/mol. The second-order valence-corrected chi connectivity index (χ2v) is 9.17. The number of nitrogens with zero attached hydrogens (tertiary/aromatic N) is 2. The first kappa shape index (κ1) is 22.5. The molecule has 0 fully saturated rings. The number of esters is 1. The van der Waals surface area contributed by atoms with Crippen molar-refractivity contribution in [3.05, 3.63) is 100 Å². The van der Waals surface area contributed by atoms with Crippen molar-refractivity contribution < 1.29 is 9.53 Å². The minimum Gasteiger partial charge on any atom is -0.463 e. The number of hydrogen-bond donors (Lipinski definition) is 0. The molecule has 1 aromatic heterocycles. The molecule has 0 saturated carbocycles. The lowest BCUT2D eigenvalue weighted by atomic mass is 9.95. The van der Waals surface area contributed by atoms with Gasteiger partial charge < -0.3 is 4.74 Å². The van der Waals surface area contributed by atoms with E-state index in [4.69, 9.17) is 27.9 Å². The Labute approximate surface area is 198 Å². The van der Waals surface area contributed by atoms with Crippen LogP contribution in [0.1, 0.15) is 36.6 Å². The van der Waals surface area contributed by atoms with Crippen LogP contribution in [-0.2, 0) is 9.53 Å². The zero-order chi connectivity index (χ0) is 23.0. The normalized spacial score (nSPS) is 16.0. The average Bonchev–Trinajstić information content (AvgIpc) is 3.05. The topological polar surface area (TPSA) is 60.7 Å². The van der Waals surface area contributed by atoms with Gasteiger partial charge in [0.05, 0.1) is 28.5 Å². The third-order valence-corrected chi connectivity index (χ3v) is 6.83. The molecule has 0 spiro atoms. The van der Waals surface area contributed by atoms with Crippen LogP contribution >= 0.6 is 34.5 Å². The van der Waals surface area contributed by atoms with Gasteiger partial charge in [-0.25, -0.2) is 9.79 Å². The number of halogens is 2. The van der Waals surface area contributed by atoms with E-state index in [1.807, 2.05) is 31.2 Å². The third kappa shape index (κ3) is 4.06. The SMILES string of the molecule is CCOC(=O)C1=C(C)N=c2s/c(=C\c3c(Cl)cccc3Cl)c(=O)n2[C@@H]1c1ccc(C)cc1. The van der Waals surface area contributed by atoms with Gasteiger partial charge in [0.25, 0.3) is 5.56 Å². The summed E-state index contributed by atoms with van der Waals surface area (Å²) in [6, 6.07) is 12.3. The second-order valence-electron chi connectivity index (χ2n) is 7.35. The Morgan fingerprint density at radius 2 is 1.81 bits per heavy atom. The van der Waals surface area contributed by atoms with Gasteiger partial charge >= 0.3 is 5.97 Å². The summed E-state index contributed by atoms with van der Waals surface area (Å²) < 4.78 is 7.28. The van der Waals surface area contributed by atoms with Crippen molar-refractivity contribution in [1.29, 1.82) is 0 Å². The first-order valence-corrected chi connectivity index (χ1v) is 11.6. The van der Waals surface area contributed by atoms with Crippen molar-refractivity contribution in [2.24, 2.45) is 4.99 Å². The summed E-state index contributed by atoms with van der Waals surface area (Å²) in [5.74, 6) is -0.484. The molecule has 2 aromatic carbocycles. The van der Waals surface area contributed by atoms with Gasteiger partial charge in [0.1, 0.15) is 0 Å². The summed E-state index contributed by atoms with van der Waals surface area (Å²) in [6.07, 6.45) is 1.67. The molecule has 0 amide bonds. The van der Waals surface area contributed by atoms with E-state index in [2.05, 4.69) is 4.99 Å². The van der Waals surface area contributed by atoms with E-state index in [0.29, 0.717) is 36.2 Å². The Morgan fingerprint density at radius 3 is 2.44 bits per heavy atom. The van der Waals surface area contributed by atoms with Crippen LogP contribution in [-0.4, -0.2) is 17.1 Å². The molecule has 0 aliphatic carbocycles. The standard InChI is InChI=1S/C24H20Cl2N2O3S/c1-4-31-23(30)20-14(3)27-24-28(21(20)15-10-8-13(2)9-11-15)22(29)19(32-24)12-16-17(25)6-5-7-18(16)26/h5-12,21H,4H2,1-3H3/b19-12-/t21-/m1/s1. The number of ether oxygens (including phenoxy) is 1. The second kappa shape index (κ2) is 9.06. The van der Waals surface area contributed by atoms with Gasteiger partial charge in [-0.15, -0.1) is 0 Å². The quantitative estimate of drug-likeness (QED) is 0.513. The molecule has 8 heteroatoms. The largest absolute Gasteiger partial charge is 0.463 e. The highest BCUT2D eigenvalue weighted by molar-refractivity contribution is 7.07. The molecule has 32 heavy (non-hydrogen) atoms. The molecule has 5 nitrogen and oxygen atoms in total. The number of hydrogen-bond acceptors (Lipinski definition) is 5. The number of fused-ring (bicyclic) bond motifs is 1. The Hall–Kier alpha value is -2.67. The molecule has 0 radical (unpaired) electrons. The van der Waals surface area contributed by atoms with E-state index in [1.54, 1.807) is 42.7 Å². The molecule has 4 rings (SSSR count). The molecule has 2 heterocycles. The van der Waals surface area contributed by atoms with Gasteiger partial charge in [-0.1, -0.05) is 70.4 Å². The van der Waals surface area contributed by atoms with E-state index in [-0.39, 0.29) is 12.2 Å². The van der Waals surface area contributed by atoms with Gasteiger partial charge in [-0.2, -0.15) is 0 Å². The smallest absolute Gasteiger partial charge is 0.338 e. The Balaban J connectivity index is 1.99. The number of allylic oxidation sites excluding steroid dienone is 1. The zero-order valence-corrected chi connectivity index (χ0v) is 20.0. The number of aryl methyl sites for hydroxylation is 1. The maximum atomic E-state index is 13.5. The maximum absolute atomic E-state index is 13.5. The fraction of sp³-hybridized carbons (Fsp3) is 0.208. The van der Waals surface area contributed by atoms with E-state index in [9.17, 15) is 9.59 Å². The zero-order valence-electron chi connectivity index (χ0n) is 17.7. The number of rotatable bonds is 4. The molecule has 0 N–H and O–H groups in total. The lowest BCUT2D eigenvalue weighted by molar-refractivity contribution is -0.139. The molecule has 164 valence electrons. The number of carbonyl (C=O) groups is 1. The molecule has 3 aromatic rings. The van der Waals surface area contributed by atoms with E-state index in [0.717, 1.165) is 11.1 Å². The maximum Gasteiger partial charge on any atom is 0.338 e. The summed E-state index contributed by atoms with van der Waals surface area (Å²) in [6.45, 7) is 5.72. The van der Waals surface area contributed by atoms with Gasteiger partial charge in [0.2, 0.25) is 0 Å². The van der Waals surface area contributed by atoms with Gasteiger partial charge in [0, 0.05) is 15.6 Å². The molecule has 0 bridgehead atoms. The minimum absolute atomic E-state index is 0.228. The number of thiazole rings is 1. The fourth-order valence-corrected chi connectivity index (χ4v) is 5.17. The summed E-state index contributed by atoms with van der Waals surface area (Å²) in [7, 11) is 0. The van der Waals surface area contributed by atoms with Crippen molar-refractivity contribution in [2.75, 3.05) is 6.61 Å². The van der Waals surface area contributed by atoms with Crippen LogP contribution in [0.5, 0.6) is 0 Å². The predicted octanol–water partition coefficient (Wildman–Crippen LogP) is 4.41. The molecule has 0 unspecified atom stereocenters. The lowest BCUT2D eigenvalue weighted by Gasteiger charge is -2.24. The summed E-state index contributed by atoms with van der Waals surface area (Å²) >= 11 is 13.8. The van der Waals surface area contributed by atoms with Crippen molar-refractivity contribution in [3.8, 4) is 0 Å². The van der Waals surface area contributed by atoms with Crippen LogP contribution < -0.4 is 14.9 Å². The van der Waals surface area contributed by atoms with Gasteiger partial charge in [0.15, 0.2) is 4.80 Å². The molecule has 0 saturated heterocycles. The Kier molecular flexibility index (Phi) is 6.38. The highest BCUT2D eigenvalue weighted by Crippen LogP contribution is 2.31. The van der Waals surface area contributed by atoms with Crippen molar-refractivity contribution in [1.82, 2.24) is 4.57 Å². The van der Waals surface area contributed by atoms with Crippen LogP contribution in [0.3, 0.4) is 0 Å². The highest BCUT2D eigenvalue weighted by Gasteiger charge is 2.33. The minimum atomic E-state index is -0.644. The Morgan fingerprint density at radius 1 is 1.16 bits per heavy atom. The molecular weight excluding hydrogens is 467 g/mol. The first-order valence-electron chi connectivity index (χ1n) is 10.0. The fourth-order valence-electron chi connectivity index (χ4n) is 3.64. The number of benzene rings is 2. The van der Waals surface area contributed by atoms with Crippen molar-refractivity contribution in [2.45, 2.75) is 26.8 Å². The van der Waals surface area contributed by atoms with Crippen LogP contribution in [0, 0.1) is 6.92 Å². The van der Waals surface area contributed by atoms with Gasteiger partial charge in [-0.3, -0.25) is 9.36 Å². The molecular formula is C24H20Cl2N2O3S. The molecule has 1 atom stereocenters. The van der Waals surface area contributed by atoms with Crippen LogP contribution in [0.15, 0.2) is 63.5 Å².